The summed E-state index contributed by atoms with van der Waals surface area (Å²) in [6.07, 6.45) is 1.04. The molecular formula is C18H18BrFN4OS. The van der Waals surface area contributed by atoms with Crippen LogP contribution in [0.2, 0.25) is 0 Å². The van der Waals surface area contributed by atoms with Gasteiger partial charge in [0.2, 0.25) is 11.7 Å². The van der Waals surface area contributed by atoms with E-state index in [1.54, 1.807) is 11.3 Å². The number of halogens is 2. The highest BCUT2D eigenvalue weighted by atomic mass is 79.9. The largest absolute Gasteiger partial charge is 0.370 e. The molecule has 0 spiro atoms. The molecule has 0 aliphatic carbocycles. The minimum atomic E-state index is -0.199. The van der Waals surface area contributed by atoms with Crippen molar-refractivity contribution in [1.29, 1.82) is 0 Å². The molecule has 0 radical (unpaired) electrons. The number of thiophene rings is 1. The molecule has 1 fully saturated rings. The molecule has 0 amide bonds. The van der Waals surface area contributed by atoms with Gasteiger partial charge in [-0.1, -0.05) is 5.16 Å². The second-order valence-electron chi connectivity index (χ2n) is 6.23. The predicted molar refractivity (Wildman–Crippen MR) is 104 cm³/mol. The first kappa shape index (κ1) is 17.6. The Morgan fingerprint density at radius 1 is 1.15 bits per heavy atom. The van der Waals surface area contributed by atoms with Crippen LogP contribution in [0.4, 0.5) is 10.1 Å². The molecule has 2 aromatic heterocycles. The summed E-state index contributed by atoms with van der Waals surface area (Å²) < 4.78 is 19.6. The van der Waals surface area contributed by atoms with Gasteiger partial charge in [0.15, 0.2) is 0 Å². The van der Waals surface area contributed by atoms with Gasteiger partial charge in [-0.2, -0.15) is 4.98 Å². The Hall–Kier alpha value is -1.77. The first-order valence-electron chi connectivity index (χ1n) is 8.47. The van der Waals surface area contributed by atoms with Gasteiger partial charge in [-0.15, -0.1) is 11.3 Å². The normalized spacial score (nSPS) is 16.0. The van der Waals surface area contributed by atoms with E-state index in [-0.39, 0.29) is 5.82 Å². The van der Waals surface area contributed by atoms with Gasteiger partial charge in [-0.05, 0) is 52.7 Å². The molecule has 0 saturated carbocycles. The first-order valence-corrected chi connectivity index (χ1v) is 10.1. The highest BCUT2D eigenvalue weighted by Gasteiger charge is 2.18. The molecule has 0 bridgehead atoms. The van der Waals surface area contributed by atoms with Gasteiger partial charge >= 0.3 is 0 Å². The van der Waals surface area contributed by atoms with E-state index < -0.39 is 0 Å². The number of hydrogen-bond acceptors (Lipinski definition) is 6. The van der Waals surface area contributed by atoms with Gasteiger partial charge in [0.05, 0.1) is 11.4 Å². The molecule has 5 nitrogen and oxygen atoms in total. The lowest BCUT2D eigenvalue weighted by atomic mass is 10.2. The monoisotopic (exact) mass is 436 g/mol. The van der Waals surface area contributed by atoms with E-state index in [4.69, 9.17) is 4.52 Å². The third-order valence-electron chi connectivity index (χ3n) is 4.40. The molecule has 1 aromatic carbocycles. The van der Waals surface area contributed by atoms with E-state index in [9.17, 15) is 4.39 Å². The average Bonchev–Trinajstić information content (AvgIpc) is 3.20. The summed E-state index contributed by atoms with van der Waals surface area (Å²) in [5.74, 6) is 1.08. The SMILES string of the molecule is Fc1ccc(N2CCCN(Cc3nc(-c4cc(Br)cs4)no3)CC2)cc1. The topological polar surface area (TPSA) is 45.4 Å². The maximum Gasteiger partial charge on any atom is 0.241 e. The van der Waals surface area contributed by atoms with Crippen LogP contribution in [0.15, 0.2) is 44.7 Å². The number of hydrogen-bond donors (Lipinski definition) is 0. The molecule has 3 heterocycles. The molecule has 1 aliphatic heterocycles. The van der Waals surface area contributed by atoms with Crippen LogP contribution in [-0.4, -0.2) is 41.2 Å². The van der Waals surface area contributed by atoms with Crippen molar-refractivity contribution < 1.29 is 8.91 Å². The molecular weight excluding hydrogens is 419 g/mol. The van der Waals surface area contributed by atoms with Crippen molar-refractivity contribution in [1.82, 2.24) is 15.0 Å². The summed E-state index contributed by atoms with van der Waals surface area (Å²) in [7, 11) is 0. The Morgan fingerprint density at radius 3 is 2.77 bits per heavy atom. The molecule has 8 heteroatoms. The zero-order valence-corrected chi connectivity index (χ0v) is 16.5. The Labute approximate surface area is 163 Å². The van der Waals surface area contributed by atoms with Gasteiger partial charge < -0.3 is 9.42 Å². The van der Waals surface area contributed by atoms with Gasteiger partial charge in [-0.3, -0.25) is 4.90 Å². The van der Waals surface area contributed by atoms with Crippen LogP contribution in [0, 0.1) is 5.82 Å². The van der Waals surface area contributed by atoms with Crippen molar-refractivity contribution in [2.45, 2.75) is 13.0 Å². The van der Waals surface area contributed by atoms with Crippen molar-refractivity contribution in [3.8, 4) is 10.7 Å². The van der Waals surface area contributed by atoms with Crippen LogP contribution in [0.25, 0.3) is 10.7 Å². The minimum absolute atomic E-state index is 0.199. The molecule has 0 unspecified atom stereocenters. The van der Waals surface area contributed by atoms with Crippen LogP contribution >= 0.6 is 27.3 Å². The second kappa shape index (κ2) is 7.85. The average molecular weight is 437 g/mol. The molecule has 1 aliphatic rings. The van der Waals surface area contributed by atoms with E-state index >= 15 is 0 Å². The number of benzene rings is 1. The molecule has 136 valence electrons. The van der Waals surface area contributed by atoms with E-state index in [0.29, 0.717) is 18.3 Å². The van der Waals surface area contributed by atoms with Gasteiger partial charge in [-0.25, -0.2) is 4.39 Å². The number of rotatable bonds is 4. The molecule has 0 N–H and O–H groups in total. The van der Waals surface area contributed by atoms with Crippen LogP contribution in [0.5, 0.6) is 0 Å². The lowest BCUT2D eigenvalue weighted by Gasteiger charge is -2.23. The minimum Gasteiger partial charge on any atom is -0.370 e. The third kappa shape index (κ3) is 4.13. The summed E-state index contributed by atoms with van der Waals surface area (Å²) in [5, 5.41) is 6.09. The second-order valence-corrected chi connectivity index (χ2v) is 8.06. The van der Waals surface area contributed by atoms with Crippen molar-refractivity contribution >= 4 is 33.0 Å². The highest BCUT2D eigenvalue weighted by Crippen LogP contribution is 2.28. The van der Waals surface area contributed by atoms with Crippen molar-refractivity contribution in [2.75, 3.05) is 31.1 Å². The Balaban J connectivity index is 1.37. The number of anilines is 1. The zero-order valence-electron chi connectivity index (χ0n) is 14.1. The quantitative estimate of drug-likeness (QED) is 0.605. The fraction of sp³-hybridized carbons (Fsp3) is 0.333. The standard InChI is InChI=1S/C18H18BrFN4OS/c19-13-10-16(26-12-13)18-21-17(25-22-18)11-23-6-1-7-24(9-8-23)15-4-2-14(20)3-5-15/h2-5,10,12H,1,6-9,11H2. The molecule has 0 atom stereocenters. The van der Waals surface area contributed by atoms with Crippen molar-refractivity contribution in [3.63, 3.8) is 0 Å². The Bertz CT molecular complexity index is 866. The Kier molecular flexibility index (Phi) is 5.33. The fourth-order valence-electron chi connectivity index (χ4n) is 3.08. The van der Waals surface area contributed by atoms with E-state index in [1.165, 1.54) is 12.1 Å². The summed E-state index contributed by atoms with van der Waals surface area (Å²) >= 11 is 5.03. The summed E-state index contributed by atoms with van der Waals surface area (Å²) in [5.41, 5.74) is 1.07. The van der Waals surface area contributed by atoms with Crippen molar-refractivity contribution in [2.24, 2.45) is 0 Å². The Morgan fingerprint density at radius 2 is 2.00 bits per heavy atom. The molecule has 1 saturated heterocycles. The van der Waals surface area contributed by atoms with Crippen LogP contribution < -0.4 is 4.90 Å². The van der Waals surface area contributed by atoms with Gasteiger partial charge in [0.25, 0.3) is 0 Å². The fourth-order valence-corrected chi connectivity index (χ4v) is 4.43. The lowest BCUT2D eigenvalue weighted by molar-refractivity contribution is 0.239. The molecule has 26 heavy (non-hydrogen) atoms. The van der Waals surface area contributed by atoms with Crippen LogP contribution in [0.3, 0.4) is 0 Å². The highest BCUT2D eigenvalue weighted by molar-refractivity contribution is 9.10. The number of aromatic nitrogens is 2. The maximum atomic E-state index is 13.1. The van der Waals surface area contributed by atoms with Crippen LogP contribution in [0.1, 0.15) is 12.3 Å². The molecule has 3 aromatic rings. The predicted octanol–water partition coefficient (Wildman–Crippen LogP) is 4.41. The van der Waals surface area contributed by atoms with Crippen molar-refractivity contribution in [3.05, 3.63) is 51.9 Å². The third-order valence-corrected chi connectivity index (χ3v) is 6.08. The van der Waals surface area contributed by atoms with E-state index in [0.717, 1.165) is 47.6 Å². The summed E-state index contributed by atoms with van der Waals surface area (Å²) in [6.45, 7) is 4.38. The van der Waals surface area contributed by atoms with E-state index in [2.05, 4.69) is 35.9 Å². The summed E-state index contributed by atoms with van der Waals surface area (Å²) in [6, 6.07) is 8.70. The van der Waals surface area contributed by atoms with Gasteiger partial charge in [0, 0.05) is 41.7 Å². The van der Waals surface area contributed by atoms with Crippen LogP contribution in [-0.2, 0) is 6.54 Å². The lowest BCUT2D eigenvalue weighted by Crippen LogP contribution is -2.30. The smallest absolute Gasteiger partial charge is 0.241 e. The maximum absolute atomic E-state index is 13.1. The van der Waals surface area contributed by atoms with Gasteiger partial charge in [0.1, 0.15) is 5.82 Å². The summed E-state index contributed by atoms with van der Waals surface area (Å²) in [4.78, 5) is 10.1. The van der Waals surface area contributed by atoms with E-state index in [1.807, 2.05) is 23.6 Å². The first-order chi connectivity index (χ1) is 12.7. The zero-order chi connectivity index (χ0) is 17.9. The molecule has 4 rings (SSSR count). The number of nitrogens with zero attached hydrogens (tertiary/aromatic N) is 4.